The molecule has 21 heavy (non-hydrogen) atoms. The van der Waals surface area contributed by atoms with Crippen LogP contribution in [-0.4, -0.2) is 23.5 Å². The van der Waals surface area contributed by atoms with E-state index in [2.05, 4.69) is 0 Å². The van der Waals surface area contributed by atoms with E-state index in [1.165, 1.54) is 14.2 Å². The zero-order chi connectivity index (χ0) is 15.4. The number of aliphatic hydroxyl groups is 1. The lowest BCUT2D eigenvalue weighted by molar-refractivity contribution is 0.268. The minimum Gasteiger partial charge on any atom is -0.496 e. The quantitative estimate of drug-likeness (QED) is 0.922. The van der Waals surface area contributed by atoms with E-state index >= 15 is 0 Å². The van der Waals surface area contributed by atoms with Gasteiger partial charge in [0.2, 0.25) is 0 Å². The van der Waals surface area contributed by atoms with Crippen molar-refractivity contribution in [1.82, 2.24) is 0 Å². The van der Waals surface area contributed by atoms with E-state index in [9.17, 15) is 9.32 Å². The first kappa shape index (κ1) is 15.5. The molecule has 2 aromatic rings. The van der Waals surface area contributed by atoms with E-state index in [1.807, 2.05) is 31.2 Å². The highest BCUT2D eigenvalue weighted by Gasteiger charge is 2.21. The molecule has 2 aromatic carbocycles. The molecule has 0 aliphatic rings. The van der Waals surface area contributed by atoms with Crippen molar-refractivity contribution in [3.05, 3.63) is 47.5 Å². The molecular formula is C16H18O4S. The summed E-state index contributed by atoms with van der Waals surface area (Å²) in [7, 11) is 1.57. The van der Waals surface area contributed by atoms with Crippen molar-refractivity contribution in [3.8, 4) is 11.5 Å². The molecule has 5 heteroatoms. The largest absolute Gasteiger partial charge is 0.496 e. The number of ether oxygens (including phenoxy) is 2. The summed E-state index contributed by atoms with van der Waals surface area (Å²) in [5, 5.41) is 9.62. The Hall–Kier alpha value is -1.85. The Kier molecular flexibility index (Phi) is 4.98. The van der Waals surface area contributed by atoms with Gasteiger partial charge in [-0.15, -0.1) is 0 Å². The van der Waals surface area contributed by atoms with Gasteiger partial charge in [-0.05, 0) is 31.2 Å². The van der Waals surface area contributed by atoms with E-state index in [-0.39, 0.29) is 6.61 Å². The van der Waals surface area contributed by atoms with E-state index in [0.717, 1.165) is 5.56 Å². The zero-order valence-electron chi connectivity index (χ0n) is 12.3. The number of aliphatic hydroxyl groups excluding tert-OH is 1. The maximum atomic E-state index is 12.8. The number of methoxy groups -OCH3 is 2. The number of hydrogen-bond acceptors (Lipinski definition) is 4. The number of hydrogen-bond donors (Lipinski definition) is 1. The fourth-order valence-electron chi connectivity index (χ4n) is 2.07. The molecule has 0 saturated heterocycles. The molecule has 0 amide bonds. The molecule has 0 spiro atoms. The molecule has 4 nitrogen and oxygen atoms in total. The average Bonchev–Trinajstić information content (AvgIpc) is 2.53. The molecule has 0 aliphatic heterocycles. The average molecular weight is 306 g/mol. The van der Waals surface area contributed by atoms with Crippen molar-refractivity contribution >= 4 is 10.8 Å². The van der Waals surface area contributed by atoms with Crippen LogP contribution in [0.2, 0.25) is 0 Å². The lowest BCUT2D eigenvalue weighted by Gasteiger charge is -2.15. The molecule has 0 aromatic heterocycles. The third kappa shape index (κ3) is 3.09. The Bertz CT molecular complexity index is 650. The second kappa shape index (κ2) is 6.74. The standard InChI is InChI=1S/C16H18O4S/c1-11-4-6-12(7-5-11)21(18)16-13(10-17)14(19-2)8-9-15(16)20-3/h4-9,17H,10H2,1-3H3/t21-/m0/s1. The SMILES string of the molecule is COc1ccc(OC)c([S@@](=O)c2ccc(C)cc2)c1CO. The van der Waals surface area contributed by atoms with Crippen LogP contribution in [0.4, 0.5) is 0 Å². The summed E-state index contributed by atoms with van der Waals surface area (Å²) in [5.74, 6) is 0.965. The van der Waals surface area contributed by atoms with Crippen molar-refractivity contribution in [2.75, 3.05) is 14.2 Å². The van der Waals surface area contributed by atoms with Crippen LogP contribution in [0.15, 0.2) is 46.2 Å². The molecule has 0 bridgehead atoms. The molecule has 0 unspecified atom stereocenters. The first-order valence-electron chi connectivity index (χ1n) is 6.45. The van der Waals surface area contributed by atoms with Gasteiger partial charge in [0.25, 0.3) is 0 Å². The van der Waals surface area contributed by atoms with Crippen LogP contribution in [0, 0.1) is 6.92 Å². The van der Waals surface area contributed by atoms with Gasteiger partial charge in [-0.3, -0.25) is 0 Å². The molecule has 112 valence electrons. The summed E-state index contributed by atoms with van der Waals surface area (Å²) in [4.78, 5) is 1.10. The predicted octanol–water partition coefficient (Wildman–Crippen LogP) is 2.67. The molecule has 0 heterocycles. The topological polar surface area (TPSA) is 55.8 Å². The van der Waals surface area contributed by atoms with Gasteiger partial charge in [0, 0.05) is 10.5 Å². The third-order valence-electron chi connectivity index (χ3n) is 3.20. The highest BCUT2D eigenvalue weighted by Crippen LogP contribution is 2.35. The summed E-state index contributed by atoms with van der Waals surface area (Å²) in [6.07, 6.45) is 0. The van der Waals surface area contributed by atoms with Crippen molar-refractivity contribution < 1.29 is 18.8 Å². The van der Waals surface area contributed by atoms with E-state index in [0.29, 0.717) is 26.9 Å². The molecule has 1 atom stereocenters. The van der Waals surface area contributed by atoms with Crippen LogP contribution >= 0.6 is 0 Å². The van der Waals surface area contributed by atoms with Crippen molar-refractivity contribution in [2.24, 2.45) is 0 Å². The highest BCUT2D eigenvalue weighted by molar-refractivity contribution is 7.85. The van der Waals surface area contributed by atoms with Crippen molar-refractivity contribution in [2.45, 2.75) is 23.3 Å². The summed E-state index contributed by atoms with van der Waals surface area (Å²) in [5.41, 5.74) is 1.58. The highest BCUT2D eigenvalue weighted by atomic mass is 32.2. The van der Waals surface area contributed by atoms with Crippen LogP contribution in [0.1, 0.15) is 11.1 Å². The first-order valence-corrected chi connectivity index (χ1v) is 7.60. The first-order chi connectivity index (χ1) is 10.1. The van der Waals surface area contributed by atoms with Gasteiger partial charge in [0.15, 0.2) is 0 Å². The fourth-order valence-corrected chi connectivity index (χ4v) is 3.41. The second-order valence-electron chi connectivity index (χ2n) is 4.52. The number of benzene rings is 2. The molecular weight excluding hydrogens is 288 g/mol. The van der Waals surface area contributed by atoms with Gasteiger partial charge in [0.1, 0.15) is 11.5 Å². The maximum absolute atomic E-state index is 12.8. The Morgan fingerprint density at radius 1 is 1.00 bits per heavy atom. The van der Waals surface area contributed by atoms with Crippen LogP contribution in [0.3, 0.4) is 0 Å². The summed E-state index contributed by atoms with van der Waals surface area (Å²) in [6.45, 7) is 1.70. The lowest BCUT2D eigenvalue weighted by atomic mass is 10.2. The van der Waals surface area contributed by atoms with Gasteiger partial charge in [0.05, 0.1) is 36.5 Å². The Labute approximate surface area is 126 Å². The Morgan fingerprint density at radius 2 is 1.57 bits per heavy atom. The van der Waals surface area contributed by atoms with E-state index in [1.54, 1.807) is 12.1 Å². The van der Waals surface area contributed by atoms with Crippen LogP contribution in [-0.2, 0) is 17.4 Å². The minimum absolute atomic E-state index is 0.271. The Morgan fingerprint density at radius 3 is 2.10 bits per heavy atom. The minimum atomic E-state index is -1.45. The van der Waals surface area contributed by atoms with Gasteiger partial charge < -0.3 is 14.6 Å². The van der Waals surface area contributed by atoms with Crippen LogP contribution in [0.25, 0.3) is 0 Å². The van der Waals surface area contributed by atoms with E-state index in [4.69, 9.17) is 9.47 Å². The van der Waals surface area contributed by atoms with E-state index < -0.39 is 10.8 Å². The number of aryl methyl sites for hydroxylation is 1. The zero-order valence-corrected chi connectivity index (χ0v) is 13.1. The molecule has 2 rings (SSSR count). The third-order valence-corrected chi connectivity index (χ3v) is 4.72. The van der Waals surface area contributed by atoms with Gasteiger partial charge in [-0.25, -0.2) is 4.21 Å². The van der Waals surface area contributed by atoms with Crippen LogP contribution < -0.4 is 9.47 Å². The van der Waals surface area contributed by atoms with Gasteiger partial charge in [-0.1, -0.05) is 17.7 Å². The Balaban J connectivity index is 2.60. The molecule has 0 saturated carbocycles. The maximum Gasteiger partial charge on any atom is 0.136 e. The molecule has 0 aliphatic carbocycles. The molecule has 1 N–H and O–H groups in total. The van der Waals surface area contributed by atoms with Crippen molar-refractivity contribution in [3.63, 3.8) is 0 Å². The molecule has 0 radical (unpaired) electrons. The number of rotatable bonds is 5. The smallest absolute Gasteiger partial charge is 0.136 e. The molecule has 0 fully saturated rings. The lowest BCUT2D eigenvalue weighted by Crippen LogP contribution is -2.04. The van der Waals surface area contributed by atoms with Crippen LogP contribution in [0.5, 0.6) is 11.5 Å². The summed E-state index contributed by atoms with van der Waals surface area (Å²) >= 11 is 0. The monoisotopic (exact) mass is 306 g/mol. The van der Waals surface area contributed by atoms with Gasteiger partial charge >= 0.3 is 0 Å². The predicted molar refractivity (Wildman–Crippen MR) is 81.3 cm³/mol. The summed E-state index contributed by atoms with van der Waals surface area (Å²) in [6, 6.07) is 10.8. The van der Waals surface area contributed by atoms with Gasteiger partial charge in [-0.2, -0.15) is 0 Å². The van der Waals surface area contributed by atoms with Crippen molar-refractivity contribution in [1.29, 1.82) is 0 Å². The fraction of sp³-hybridized carbons (Fsp3) is 0.250. The summed E-state index contributed by atoms with van der Waals surface area (Å²) < 4.78 is 23.4. The normalized spacial score (nSPS) is 12.0. The second-order valence-corrected chi connectivity index (χ2v) is 5.93.